The van der Waals surface area contributed by atoms with Gasteiger partial charge in [0.05, 0.1) is 19.3 Å². The maximum absolute atomic E-state index is 9.26. The summed E-state index contributed by atoms with van der Waals surface area (Å²) in [6.45, 7) is 4.29. The Morgan fingerprint density at radius 1 is 1.39 bits per heavy atom. The van der Waals surface area contributed by atoms with Crippen LogP contribution in [-0.4, -0.2) is 24.9 Å². The van der Waals surface area contributed by atoms with Crippen LogP contribution < -0.4 is 10.1 Å². The molecule has 0 bridgehead atoms. The Kier molecular flexibility index (Phi) is 3.89. The molecule has 98 valence electrons. The van der Waals surface area contributed by atoms with Gasteiger partial charge in [-0.25, -0.2) is 0 Å². The van der Waals surface area contributed by atoms with Crippen LogP contribution in [0.25, 0.3) is 11.0 Å². The van der Waals surface area contributed by atoms with E-state index in [4.69, 9.17) is 9.15 Å². The summed E-state index contributed by atoms with van der Waals surface area (Å²) in [6.07, 6.45) is -0.369. The molecule has 4 nitrogen and oxygen atoms in total. The van der Waals surface area contributed by atoms with Gasteiger partial charge in [0.15, 0.2) is 11.3 Å². The monoisotopic (exact) mass is 249 g/mol. The summed E-state index contributed by atoms with van der Waals surface area (Å²) in [6, 6.07) is 7.86. The Balaban J connectivity index is 2.24. The van der Waals surface area contributed by atoms with E-state index in [-0.39, 0.29) is 12.1 Å². The molecule has 2 atom stereocenters. The van der Waals surface area contributed by atoms with E-state index in [9.17, 15) is 5.11 Å². The number of aliphatic hydroxyl groups excluding tert-OH is 1. The molecule has 1 heterocycles. The van der Waals surface area contributed by atoms with Gasteiger partial charge in [-0.15, -0.1) is 0 Å². The molecule has 1 aromatic heterocycles. The van der Waals surface area contributed by atoms with Crippen molar-refractivity contribution in [1.29, 1.82) is 0 Å². The average molecular weight is 249 g/mol. The van der Waals surface area contributed by atoms with Crippen LogP contribution in [0.4, 0.5) is 0 Å². The standard InChI is InChI=1S/C14H19NO3/c1-9(16)8-15-10(2)13-7-11-5-4-6-12(17-3)14(11)18-13/h4-7,9-10,15-16H,8H2,1-3H3. The number of fused-ring (bicyclic) bond motifs is 1. The highest BCUT2D eigenvalue weighted by Crippen LogP contribution is 2.30. The van der Waals surface area contributed by atoms with E-state index >= 15 is 0 Å². The van der Waals surface area contributed by atoms with Crippen LogP contribution >= 0.6 is 0 Å². The molecule has 2 unspecified atom stereocenters. The molecule has 0 spiro atoms. The van der Waals surface area contributed by atoms with Crippen LogP contribution in [-0.2, 0) is 0 Å². The molecular weight excluding hydrogens is 230 g/mol. The Morgan fingerprint density at radius 2 is 2.17 bits per heavy atom. The summed E-state index contributed by atoms with van der Waals surface area (Å²) in [5.74, 6) is 1.58. The lowest BCUT2D eigenvalue weighted by Gasteiger charge is -2.12. The zero-order valence-electron chi connectivity index (χ0n) is 10.9. The van der Waals surface area contributed by atoms with Gasteiger partial charge in [0.1, 0.15) is 5.76 Å². The van der Waals surface area contributed by atoms with E-state index < -0.39 is 0 Å². The Bertz CT molecular complexity index is 519. The minimum absolute atomic E-state index is 0.0525. The van der Waals surface area contributed by atoms with Crippen LogP contribution in [0.2, 0.25) is 0 Å². The summed E-state index contributed by atoms with van der Waals surface area (Å²) >= 11 is 0. The van der Waals surface area contributed by atoms with Gasteiger partial charge in [0, 0.05) is 11.9 Å². The number of rotatable bonds is 5. The van der Waals surface area contributed by atoms with Crippen molar-refractivity contribution < 1.29 is 14.3 Å². The maximum atomic E-state index is 9.26. The smallest absolute Gasteiger partial charge is 0.176 e. The van der Waals surface area contributed by atoms with Crippen molar-refractivity contribution in [1.82, 2.24) is 5.32 Å². The van der Waals surface area contributed by atoms with E-state index in [0.29, 0.717) is 6.54 Å². The third-order valence-corrected chi connectivity index (χ3v) is 2.89. The van der Waals surface area contributed by atoms with Gasteiger partial charge in [-0.3, -0.25) is 0 Å². The lowest BCUT2D eigenvalue weighted by atomic mass is 10.2. The van der Waals surface area contributed by atoms with Crippen LogP contribution in [0.5, 0.6) is 5.75 Å². The molecule has 0 amide bonds. The number of benzene rings is 1. The minimum atomic E-state index is -0.369. The fraction of sp³-hybridized carbons (Fsp3) is 0.429. The molecule has 1 aromatic carbocycles. The molecule has 0 radical (unpaired) electrons. The fourth-order valence-electron chi connectivity index (χ4n) is 1.88. The molecule has 2 rings (SSSR count). The molecule has 0 aliphatic rings. The second-order valence-corrected chi connectivity index (χ2v) is 4.51. The van der Waals surface area contributed by atoms with Crippen LogP contribution in [0.3, 0.4) is 0 Å². The zero-order valence-corrected chi connectivity index (χ0v) is 10.9. The highest BCUT2D eigenvalue weighted by atomic mass is 16.5. The first kappa shape index (κ1) is 12.9. The minimum Gasteiger partial charge on any atom is -0.493 e. The van der Waals surface area contributed by atoms with E-state index in [1.807, 2.05) is 31.2 Å². The van der Waals surface area contributed by atoms with E-state index in [1.165, 1.54) is 0 Å². The molecule has 0 aliphatic heterocycles. The van der Waals surface area contributed by atoms with Crippen molar-refractivity contribution in [3.8, 4) is 5.75 Å². The Morgan fingerprint density at radius 3 is 2.83 bits per heavy atom. The normalized spacial score (nSPS) is 14.7. The van der Waals surface area contributed by atoms with Crippen molar-refractivity contribution in [3.63, 3.8) is 0 Å². The Hall–Kier alpha value is -1.52. The predicted octanol–water partition coefficient (Wildman–Crippen LogP) is 2.47. The van der Waals surface area contributed by atoms with Crippen LogP contribution in [0.15, 0.2) is 28.7 Å². The predicted molar refractivity (Wildman–Crippen MR) is 70.9 cm³/mol. The second kappa shape index (κ2) is 5.42. The summed E-state index contributed by atoms with van der Waals surface area (Å²) in [7, 11) is 1.63. The zero-order chi connectivity index (χ0) is 13.1. The first-order valence-electron chi connectivity index (χ1n) is 6.09. The first-order valence-corrected chi connectivity index (χ1v) is 6.09. The number of ether oxygens (including phenoxy) is 1. The summed E-state index contributed by atoms with van der Waals surface area (Å²) in [4.78, 5) is 0. The van der Waals surface area contributed by atoms with Crippen LogP contribution in [0.1, 0.15) is 25.6 Å². The van der Waals surface area contributed by atoms with Crippen molar-refractivity contribution >= 4 is 11.0 Å². The largest absolute Gasteiger partial charge is 0.493 e. The number of hydrogen-bond acceptors (Lipinski definition) is 4. The van der Waals surface area contributed by atoms with Gasteiger partial charge < -0.3 is 19.6 Å². The van der Waals surface area contributed by atoms with Gasteiger partial charge in [-0.2, -0.15) is 0 Å². The SMILES string of the molecule is COc1cccc2cc(C(C)NCC(C)O)oc12. The van der Waals surface area contributed by atoms with Gasteiger partial charge in [-0.1, -0.05) is 12.1 Å². The van der Waals surface area contributed by atoms with E-state index in [0.717, 1.165) is 22.5 Å². The highest BCUT2D eigenvalue weighted by Gasteiger charge is 2.13. The molecule has 4 heteroatoms. The maximum Gasteiger partial charge on any atom is 0.176 e. The molecule has 18 heavy (non-hydrogen) atoms. The van der Waals surface area contributed by atoms with E-state index in [2.05, 4.69) is 5.32 Å². The summed E-state index contributed by atoms with van der Waals surface area (Å²) < 4.78 is 11.1. The number of aliphatic hydroxyl groups is 1. The quantitative estimate of drug-likeness (QED) is 0.854. The Labute approximate surface area is 107 Å². The van der Waals surface area contributed by atoms with Crippen molar-refractivity contribution in [2.24, 2.45) is 0 Å². The van der Waals surface area contributed by atoms with Crippen molar-refractivity contribution in [2.45, 2.75) is 26.0 Å². The van der Waals surface area contributed by atoms with Crippen molar-refractivity contribution in [2.75, 3.05) is 13.7 Å². The van der Waals surface area contributed by atoms with Crippen LogP contribution in [0, 0.1) is 0 Å². The lowest BCUT2D eigenvalue weighted by molar-refractivity contribution is 0.185. The topological polar surface area (TPSA) is 54.6 Å². The highest BCUT2D eigenvalue weighted by molar-refractivity contribution is 5.83. The third-order valence-electron chi connectivity index (χ3n) is 2.89. The molecular formula is C14H19NO3. The number of nitrogens with one attached hydrogen (secondary N) is 1. The number of furan rings is 1. The second-order valence-electron chi connectivity index (χ2n) is 4.51. The summed E-state index contributed by atoms with van der Waals surface area (Å²) in [5.41, 5.74) is 0.765. The third kappa shape index (κ3) is 2.66. The molecule has 2 aromatic rings. The average Bonchev–Trinajstić information content (AvgIpc) is 2.79. The van der Waals surface area contributed by atoms with Gasteiger partial charge >= 0.3 is 0 Å². The number of para-hydroxylation sites is 1. The lowest BCUT2D eigenvalue weighted by Crippen LogP contribution is -2.26. The van der Waals surface area contributed by atoms with Gasteiger partial charge in [0.2, 0.25) is 0 Å². The summed E-state index contributed by atoms with van der Waals surface area (Å²) in [5, 5.41) is 13.5. The molecule has 0 saturated heterocycles. The molecule has 0 aliphatic carbocycles. The fourth-order valence-corrected chi connectivity index (χ4v) is 1.88. The molecule has 2 N–H and O–H groups in total. The number of hydrogen-bond donors (Lipinski definition) is 2. The number of methoxy groups -OCH3 is 1. The van der Waals surface area contributed by atoms with E-state index in [1.54, 1.807) is 14.0 Å². The first-order chi connectivity index (χ1) is 8.61. The molecule has 0 saturated carbocycles. The van der Waals surface area contributed by atoms with Gasteiger partial charge in [0.25, 0.3) is 0 Å². The van der Waals surface area contributed by atoms with Gasteiger partial charge in [-0.05, 0) is 26.0 Å². The van der Waals surface area contributed by atoms with Crippen molar-refractivity contribution in [3.05, 3.63) is 30.0 Å². The molecule has 0 fully saturated rings.